The molecule has 72 valence electrons. The Morgan fingerprint density at radius 3 is 0.667 bits per heavy atom. The minimum Gasteiger partial charge on any atom is -1.00 e. The van der Waals surface area contributed by atoms with Gasteiger partial charge in [-0.15, -0.1) is 0 Å². The van der Waals surface area contributed by atoms with E-state index >= 15 is 0 Å². The molecule has 0 atom stereocenters. The number of phosphoric acid groups is 2. The second kappa shape index (κ2) is 10.3. The van der Waals surface area contributed by atoms with Gasteiger partial charge < -0.3 is 35.1 Å². The molecule has 0 aliphatic carbocycles. The van der Waals surface area contributed by atoms with Gasteiger partial charge in [-0.1, -0.05) is 0 Å². The van der Waals surface area contributed by atoms with E-state index < -0.39 is 15.6 Å². The van der Waals surface area contributed by atoms with Crippen LogP contribution in [0.15, 0.2) is 0 Å². The molecule has 0 fully saturated rings. The topological polar surface area (TPSA) is 156 Å². The normalized spacial score (nSPS) is 9.83. The number of rotatable bonds is 0. The van der Waals surface area contributed by atoms with Crippen LogP contribution in [0.3, 0.4) is 0 Å². The molecule has 0 radical (unpaired) electrons. The average molecular weight is 280 g/mol. The van der Waals surface area contributed by atoms with E-state index in [0.717, 1.165) is 0 Å². The summed E-state index contributed by atoms with van der Waals surface area (Å²) in [5.41, 5.74) is 0. The van der Waals surface area contributed by atoms with Crippen molar-refractivity contribution in [3.05, 3.63) is 0 Å². The third-order valence-electron chi connectivity index (χ3n) is 0. The largest absolute Gasteiger partial charge is 2.00 e. The summed E-state index contributed by atoms with van der Waals surface area (Å²) in [5, 5.41) is 0. The van der Waals surface area contributed by atoms with Crippen molar-refractivity contribution in [1.82, 2.24) is 0 Å². The first-order valence-electron chi connectivity index (χ1n) is 1.57. The van der Waals surface area contributed by atoms with Crippen molar-refractivity contribution in [2.75, 3.05) is 0 Å². The molecule has 0 aliphatic heterocycles. The van der Waals surface area contributed by atoms with E-state index in [9.17, 15) is 0 Å². The maximum absolute atomic E-state index is 8.88. The van der Waals surface area contributed by atoms with Gasteiger partial charge in [0.05, 0.1) is 0 Å². The summed E-state index contributed by atoms with van der Waals surface area (Å²) in [6, 6.07) is 0. The van der Waals surface area contributed by atoms with Crippen LogP contribution in [0.2, 0.25) is 0 Å². The predicted molar refractivity (Wildman–Crippen MR) is 44.5 cm³/mol. The van der Waals surface area contributed by atoms with Crippen LogP contribution in [-0.4, -0.2) is 105 Å². The summed E-state index contributed by atoms with van der Waals surface area (Å²) in [5.74, 6) is 0. The van der Waals surface area contributed by atoms with Crippen molar-refractivity contribution < 1.29 is 44.2 Å². The van der Waals surface area contributed by atoms with Crippen molar-refractivity contribution in [3.8, 4) is 0 Å². The molecule has 6 N–H and O–H groups in total. The van der Waals surface area contributed by atoms with Gasteiger partial charge in [-0.25, -0.2) is 9.13 Å². The summed E-state index contributed by atoms with van der Waals surface area (Å²) < 4.78 is 17.8. The quantitative estimate of drug-likeness (QED) is 0.216. The standard InChI is InChI=1S/2Ca.2H3O4P.4H/c;;2*1-5(2,3)4;;;;/h;;2*(H3,1,2,3,4);;;;/q2*+2;;;4*-1. The molecule has 0 bridgehead atoms. The minimum absolute atomic E-state index is 0. The Morgan fingerprint density at radius 2 is 0.667 bits per heavy atom. The fourth-order valence-corrected chi connectivity index (χ4v) is 0. The fourth-order valence-electron chi connectivity index (χ4n) is 0. The molecule has 0 spiro atoms. The van der Waals surface area contributed by atoms with Crippen LogP contribution in [0.5, 0.6) is 0 Å². The molecule has 0 rings (SSSR count). The zero-order valence-corrected chi connectivity index (χ0v) is 12.0. The van der Waals surface area contributed by atoms with Crippen LogP contribution in [0.25, 0.3) is 0 Å². The van der Waals surface area contributed by atoms with Gasteiger partial charge in [-0.2, -0.15) is 0 Å². The van der Waals surface area contributed by atoms with Gasteiger partial charge in [-0.05, 0) is 0 Å². The Morgan fingerprint density at radius 1 is 0.667 bits per heavy atom. The molecule has 8 nitrogen and oxygen atoms in total. The molecular weight excluding hydrogens is 270 g/mol. The minimum atomic E-state index is -4.64. The first-order chi connectivity index (χ1) is 4.00. The van der Waals surface area contributed by atoms with Crippen LogP contribution in [-0.2, 0) is 9.13 Å². The smallest absolute Gasteiger partial charge is 1.00 e. The number of hydrogen-bond acceptors (Lipinski definition) is 2. The van der Waals surface area contributed by atoms with Crippen LogP contribution < -0.4 is 0 Å². The van der Waals surface area contributed by atoms with E-state index in [1.54, 1.807) is 0 Å². The molecule has 0 aromatic rings. The third kappa shape index (κ3) is 234. The SMILES string of the molecule is O=P(O)(O)O.O=P(O)(O)O.[Ca+2].[Ca+2].[H-].[H-].[H-].[H-]. The zero-order chi connectivity index (χ0) is 9.00. The van der Waals surface area contributed by atoms with Gasteiger partial charge in [0.1, 0.15) is 0 Å². The molecule has 12 heavy (non-hydrogen) atoms. The summed E-state index contributed by atoms with van der Waals surface area (Å²) in [6.07, 6.45) is 0. The molecule has 0 aliphatic rings. The molecule has 0 aromatic heterocycles. The molecule has 0 saturated carbocycles. The van der Waals surface area contributed by atoms with Crippen molar-refractivity contribution in [3.63, 3.8) is 0 Å². The van der Waals surface area contributed by atoms with Gasteiger partial charge >= 0.3 is 91.1 Å². The molecular formula is H10Ca2O8P2. The first kappa shape index (κ1) is 24.1. The molecule has 0 aromatic carbocycles. The van der Waals surface area contributed by atoms with Gasteiger partial charge in [0.15, 0.2) is 0 Å². The molecule has 0 saturated heterocycles. The maximum atomic E-state index is 8.88. The van der Waals surface area contributed by atoms with Crippen LogP contribution >= 0.6 is 15.6 Å². The van der Waals surface area contributed by atoms with Crippen molar-refractivity contribution >= 4 is 91.1 Å². The van der Waals surface area contributed by atoms with Gasteiger partial charge in [0, 0.05) is 0 Å². The van der Waals surface area contributed by atoms with Crippen LogP contribution in [0.1, 0.15) is 5.71 Å². The molecule has 0 unspecified atom stereocenters. The Labute approximate surface area is 133 Å². The molecule has 0 amide bonds. The van der Waals surface area contributed by atoms with Crippen LogP contribution in [0.4, 0.5) is 0 Å². The molecule has 12 heteroatoms. The second-order valence-electron chi connectivity index (χ2n) is 1.03. The Bertz CT molecular complexity index is 140. The fraction of sp³-hybridized carbons (Fsp3) is 0. The Kier molecular flexibility index (Phi) is 20.6. The van der Waals surface area contributed by atoms with E-state index in [1.807, 2.05) is 0 Å². The monoisotopic (exact) mass is 280 g/mol. The third-order valence-corrected chi connectivity index (χ3v) is 0. The number of hydrogen-bond donors (Lipinski definition) is 6. The van der Waals surface area contributed by atoms with Crippen LogP contribution in [0, 0.1) is 0 Å². The van der Waals surface area contributed by atoms with E-state index in [0.29, 0.717) is 0 Å². The molecule has 0 heterocycles. The second-order valence-corrected chi connectivity index (χ2v) is 3.08. The Hall–Kier alpha value is 2.74. The maximum Gasteiger partial charge on any atom is 2.00 e. The van der Waals surface area contributed by atoms with Crippen molar-refractivity contribution in [1.29, 1.82) is 0 Å². The van der Waals surface area contributed by atoms with E-state index in [-0.39, 0.29) is 81.2 Å². The van der Waals surface area contributed by atoms with Gasteiger partial charge in [0.2, 0.25) is 0 Å². The summed E-state index contributed by atoms with van der Waals surface area (Å²) in [6.45, 7) is 0. The zero-order valence-electron chi connectivity index (χ0n) is 9.81. The predicted octanol–water partition coefficient (Wildman–Crippen LogP) is -2.17. The summed E-state index contributed by atoms with van der Waals surface area (Å²) >= 11 is 0. The van der Waals surface area contributed by atoms with E-state index in [2.05, 4.69) is 0 Å². The van der Waals surface area contributed by atoms with E-state index in [1.165, 1.54) is 0 Å². The summed E-state index contributed by atoms with van der Waals surface area (Å²) in [4.78, 5) is 43.1. The van der Waals surface area contributed by atoms with Gasteiger partial charge in [0.25, 0.3) is 0 Å². The first-order valence-corrected chi connectivity index (χ1v) is 4.70. The summed E-state index contributed by atoms with van der Waals surface area (Å²) in [7, 11) is -9.28. The van der Waals surface area contributed by atoms with Crippen molar-refractivity contribution in [2.45, 2.75) is 0 Å². The van der Waals surface area contributed by atoms with Gasteiger partial charge in [-0.3, -0.25) is 0 Å². The Balaban J connectivity index is -0.00000000970. The van der Waals surface area contributed by atoms with Crippen molar-refractivity contribution in [2.24, 2.45) is 0 Å². The van der Waals surface area contributed by atoms with E-state index in [4.69, 9.17) is 38.5 Å². The average Bonchev–Trinajstić information content (AvgIpc) is 1.12.